The molecule has 4 fully saturated rings. The number of hydrogen-bond acceptors (Lipinski definition) is 1. The van der Waals surface area contributed by atoms with Crippen molar-refractivity contribution in [3.63, 3.8) is 0 Å². The van der Waals surface area contributed by atoms with Crippen molar-refractivity contribution >= 4 is 0 Å². The van der Waals surface area contributed by atoms with E-state index in [-0.39, 0.29) is 0 Å². The molecule has 1 heteroatoms. The van der Waals surface area contributed by atoms with Crippen LogP contribution < -0.4 is 0 Å². The highest BCUT2D eigenvalue weighted by atomic mass is 16.2. The topological polar surface area (TPSA) is 20.2 Å². The number of fused-ring (bicyclic) bond motifs is 5. The molecule has 4 saturated carbocycles. The van der Waals surface area contributed by atoms with Crippen molar-refractivity contribution in [2.75, 3.05) is 6.61 Å². The fourth-order valence-corrected chi connectivity index (χ4v) is 8.88. The van der Waals surface area contributed by atoms with Gasteiger partial charge in [0.1, 0.15) is 0 Å². The Morgan fingerprint density at radius 3 is 2.48 bits per heavy atom. The summed E-state index contributed by atoms with van der Waals surface area (Å²) in [6.07, 6.45) is 17.4. The molecule has 4 rings (SSSR count). The van der Waals surface area contributed by atoms with Crippen molar-refractivity contribution < 1.29 is 5.11 Å². The van der Waals surface area contributed by atoms with Gasteiger partial charge in [0.2, 0.25) is 0 Å². The Bertz CT molecular complexity index is 473. The normalized spacial score (nSPS) is 50.6. The number of aliphatic hydroxyl groups is 1. The van der Waals surface area contributed by atoms with E-state index in [1.54, 1.807) is 6.42 Å². The van der Waals surface area contributed by atoms with Gasteiger partial charge in [0.15, 0.2) is 0 Å². The minimum atomic E-state index is 0.377. The first-order valence-electron chi connectivity index (χ1n) is 11.6. The molecule has 0 amide bonds. The maximum Gasteiger partial charge on any atom is 0.0431 e. The lowest BCUT2D eigenvalue weighted by Gasteiger charge is -2.61. The summed E-state index contributed by atoms with van der Waals surface area (Å²) < 4.78 is 0. The molecule has 0 spiro atoms. The summed E-state index contributed by atoms with van der Waals surface area (Å²) in [6.45, 7) is 8.24. The largest absolute Gasteiger partial charge is 0.396 e. The Labute approximate surface area is 156 Å². The van der Waals surface area contributed by atoms with Crippen molar-refractivity contribution in [1.29, 1.82) is 0 Å². The minimum absolute atomic E-state index is 0.377. The third kappa shape index (κ3) is 2.82. The molecule has 0 radical (unpaired) electrons. The predicted molar refractivity (Wildman–Crippen MR) is 105 cm³/mol. The fourth-order valence-electron chi connectivity index (χ4n) is 8.88. The van der Waals surface area contributed by atoms with Crippen LogP contribution in [0.25, 0.3) is 0 Å². The van der Waals surface area contributed by atoms with E-state index in [1.807, 2.05) is 0 Å². The highest BCUT2D eigenvalue weighted by molar-refractivity contribution is 5.09. The standard InChI is InChI=1S/C24H42O/c1-17(7-6-16-25)20-11-12-21-19-10-9-18-8-4-5-14-23(18,2)22(19)13-15-24(20,21)3/h17-22,25H,4-16H2,1-3H3/t17?,18?,19-,20?,21-,22+,23-,24+/m0/s1. The van der Waals surface area contributed by atoms with Crippen molar-refractivity contribution in [2.45, 2.75) is 97.8 Å². The van der Waals surface area contributed by atoms with Gasteiger partial charge in [-0.05, 0) is 111 Å². The molecule has 0 bridgehead atoms. The van der Waals surface area contributed by atoms with Crippen LogP contribution in [0, 0.1) is 46.3 Å². The Kier molecular flexibility index (Phi) is 5.02. The summed E-state index contributed by atoms with van der Waals surface area (Å²) in [5.41, 5.74) is 1.29. The number of aliphatic hydroxyl groups excluding tert-OH is 1. The second-order valence-corrected chi connectivity index (χ2v) is 11.0. The maximum absolute atomic E-state index is 9.25. The van der Waals surface area contributed by atoms with Crippen LogP contribution in [0.15, 0.2) is 0 Å². The third-order valence-corrected chi connectivity index (χ3v) is 10.2. The van der Waals surface area contributed by atoms with Gasteiger partial charge in [-0.25, -0.2) is 0 Å². The van der Waals surface area contributed by atoms with Crippen LogP contribution in [0.3, 0.4) is 0 Å². The number of hydrogen-bond donors (Lipinski definition) is 1. The average Bonchev–Trinajstić information content (AvgIpc) is 2.96. The van der Waals surface area contributed by atoms with E-state index in [1.165, 1.54) is 64.2 Å². The van der Waals surface area contributed by atoms with E-state index in [0.29, 0.717) is 17.4 Å². The first-order chi connectivity index (χ1) is 12.0. The molecule has 0 aromatic carbocycles. The van der Waals surface area contributed by atoms with Gasteiger partial charge in [-0.15, -0.1) is 0 Å². The molecule has 0 aliphatic heterocycles. The highest BCUT2D eigenvalue weighted by Gasteiger charge is 2.59. The molecular formula is C24H42O. The zero-order chi connectivity index (χ0) is 17.7. The Morgan fingerprint density at radius 2 is 1.68 bits per heavy atom. The highest BCUT2D eigenvalue weighted by Crippen LogP contribution is 2.68. The van der Waals surface area contributed by atoms with E-state index in [9.17, 15) is 5.11 Å². The molecule has 0 aromatic heterocycles. The molecule has 3 unspecified atom stereocenters. The van der Waals surface area contributed by atoms with Crippen LogP contribution in [0.1, 0.15) is 97.8 Å². The van der Waals surface area contributed by atoms with E-state index < -0.39 is 0 Å². The van der Waals surface area contributed by atoms with E-state index in [2.05, 4.69) is 20.8 Å². The first kappa shape index (κ1) is 18.3. The van der Waals surface area contributed by atoms with Crippen LogP contribution in [0.2, 0.25) is 0 Å². The molecule has 1 nitrogen and oxygen atoms in total. The SMILES string of the molecule is CC(CCCO)C1CC[C@H]2[C@@H]3CCC4CCCC[C@]4(C)[C@@H]3CC[C@]12C. The molecule has 8 atom stereocenters. The smallest absolute Gasteiger partial charge is 0.0431 e. The van der Waals surface area contributed by atoms with Gasteiger partial charge < -0.3 is 5.11 Å². The lowest BCUT2D eigenvalue weighted by molar-refractivity contribution is -0.114. The molecule has 144 valence electrons. The van der Waals surface area contributed by atoms with Crippen molar-refractivity contribution in [2.24, 2.45) is 46.3 Å². The van der Waals surface area contributed by atoms with Crippen molar-refractivity contribution in [1.82, 2.24) is 0 Å². The third-order valence-electron chi connectivity index (χ3n) is 10.2. The Morgan fingerprint density at radius 1 is 0.880 bits per heavy atom. The zero-order valence-electron chi connectivity index (χ0n) is 17.1. The minimum Gasteiger partial charge on any atom is -0.396 e. The van der Waals surface area contributed by atoms with Crippen LogP contribution in [0.4, 0.5) is 0 Å². The average molecular weight is 347 g/mol. The van der Waals surface area contributed by atoms with Crippen molar-refractivity contribution in [3.05, 3.63) is 0 Å². The van der Waals surface area contributed by atoms with Crippen LogP contribution in [-0.4, -0.2) is 11.7 Å². The van der Waals surface area contributed by atoms with Crippen LogP contribution in [-0.2, 0) is 0 Å². The summed E-state index contributed by atoms with van der Waals surface area (Å²) in [4.78, 5) is 0. The van der Waals surface area contributed by atoms with Gasteiger partial charge in [0.05, 0.1) is 0 Å². The summed E-state index contributed by atoms with van der Waals surface area (Å²) in [5.74, 6) is 5.85. The van der Waals surface area contributed by atoms with Gasteiger partial charge in [0, 0.05) is 6.61 Å². The monoisotopic (exact) mass is 346 g/mol. The van der Waals surface area contributed by atoms with Gasteiger partial charge >= 0.3 is 0 Å². The number of rotatable bonds is 4. The Balaban J connectivity index is 1.53. The molecule has 0 aromatic rings. The van der Waals surface area contributed by atoms with E-state index in [0.717, 1.165) is 41.9 Å². The lowest BCUT2D eigenvalue weighted by Crippen LogP contribution is -2.53. The second-order valence-electron chi connectivity index (χ2n) is 11.0. The van der Waals surface area contributed by atoms with E-state index in [4.69, 9.17) is 0 Å². The lowest BCUT2D eigenvalue weighted by atomic mass is 9.44. The van der Waals surface area contributed by atoms with Crippen molar-refractivity contribution in [3.8, 4) is 0 Å². The Hall–Kier alpha value is -0.0400. The molecule has 25 heavy (non-hydrogen) atoms. The summed E-state index contributed by atoms with van der Waals surface area (Å²) in [6, 6.07) is 0. The van der Waals surface area contributed by atoms with E-state index >= 15 is 0 Å². The fraction of sp³-hybridized carbons (Fsp3) is 1.00. The second kappa shape index (κ2) is 6.84. The molecular weight excluding hydrogens is 304 g/mol. The molecule has 4 aliphatic rings. The van der Waals surface area contributed by atoms with Gasteiger partial charge in [-0.1, -0.05) is 33.6 Å². The summed E-state index contributed by atoms with van der Waals surface area (Å²) in [7, 11) is 0. The molecule has 0 heterocycles. The van der Waals surface area contributed by atoms with Crippen LogP contribution in [0.5, 0.6) is 0 Å². The van der Waals surface area contributed by atoms with Gasteiger partial charge in [0.25, 0.3) is 0 Å². The van der Waals surface area contributed by atoms with Crippen LogP contribution >= 0.6 is 0 Å². The maximum atomic E-state index is 9.25. The molecule has 0 saturated heterocycles. The predicted octanol–water partition coefficient (Wildman–Crippen LogP) is 6.44. The molecule has 4 aliphatic carbocycles. The summed E-state index contributed by atoms with van der Waals surface area (Å²) >= 11 is 0. The van der Waals surface area contributed by atoms with Gasteiger partial charge in [-0.2, -0.15) is 0 Å². The summed E-state index contributed by atoms with van der Waals surface area (Å²) in [5, 5.41) is 9.25. The molecule has 1 N–H and O–H groups in total. The zero-order valence-corrected chi connectivity index (χ0v) is 17.1. The quantitative estimate of drug-likeness (QED) is 0.620. The first-order valence-corrected chi connectivity index (χ1v) is 11.6. The van der Waals surface area contributed by atoms with Gasteiger partial charge in [-0.3, -0.25) is 0 Å².